The second-order valence-electron chi connectivity index (χ2n) is 5.40. The summed E-state index contributed by atoms with van der Waals surface area (Å²) >= 11 is 0. The predicted octanol–water partition coefficient (Wildman–Crippen LogP) is 1.23. The molecule has 6 nitrogen and oxygen atoms in total. The summed E-state index contributed by atoms with van der Waals surface area (Å²) in [5, 5.41) is 24.2. The number of nitrogens with one attached hydrogen (secondary N) is 2. The highest BCUT2D eigenvalue weighted by atomic mass is 16.4. The smallest absolute Gasteiger partial charge is 0.329 e. The molecule has 6 heteroatoms. The zero-order valence-electron chi connectivity index (χ0n) is 11.6. The topological polar surface area (TPSA) is 98.7 Å². The van der Waals surface area contributed by atoms with Gasteiger partial charge in [0.1, 0.15) is 5.54 Å². The van der Waals surface area contributed by atoms with Crippen LogP contribution < -0.4 is 10.6 Å². The van der Waals surface area contributed by atoms with E-state index in [4.69, 9.17) is 5.11 Å². The molecule has 1 rings (SSSR count). The molecule has 1 fully saturated rings. The molecular formula is C13H24N2O4. The van der Waals surface area contributed by atoms with Crippen molar-refractivity contribution >= 4 is 12.0 Å². The van der Waals surface area contributed by atoms with E-state index in [1.165, 1.54) is 6.92 Å². The Bertz CT molecular complexity index is 335. The Morgan fingerprint density at radius 3 is 2.47 bits per heavy atom. The molecule has 2 amide bonds. The minimum atomic E-state index is -1.28. The maximum atomic E-state index is 11.9. The maximum Gasteiger partial charge on any atom is 0.329 e. The molecule has 1 aliphatic carbocycles. The fraction of sp³-hybridized carbons (Fsp3) is 0.846. The Morgan fingerprint density at radius 1 is 1.26 bits per heavy atom. The Balaban J connectivity index is 2.56. The van der Waals surface area contributed by atoms with Gasteiger partial charge in [0.15, 0.2) is 0 Å². The van der Waals surface area contributed by atoms with Gasteiger partial charge in [-0.1, -0.05) is 26.2 Å². The highest BCUT2D eigenvalue weighted by Gasteiger charge is 2.34. The number of urea groups is 1. The van der Waals surface area contributed by atoms with Crippen molar-refractivity contribution in [3.63, 3.8) is 0 Å². The van der Waals surface area contributed by atoms with Crippen LogP contribution in [0.5, 0.6) is 0 Å². The first-order chi connectivity index (χ1) is 8.89. The zero-order valence-corrected chi connectivity index (χ0v) is 11.6. The number of aliphatic hydroxyl groups is 1. The van der Waals surface area contributed by atoms with Gasteiger partial charge in [0, 0.05) is 0 Å². The molecule has 1 saturated carbocycles. The molecule has 3 unspecified atom stereocenters. The molecule has 4 N–H and O–H groups in total. The summed E-state index contributed by atoms with van der Waals surface area (Å²) in [5.41, 5.74) is -1.28. The van der Waals surface area contributed by atoms with E-state index < -0.39 is 23.6 Å². The lowest BCUT2D eigenvalue weighted by molar-refractivity contribution is -0.143. The lowest BCUT2D eigenvalue weighted by Crippen LogP contribution is -2.57. The van der Waals surface area contributed by atoms with E-state index in [9.17, 15) is 14.7 Å². The minimum absolute atomic E-state index is 0.294. The number of aliphatic carboxylic acids is 1. The van der Waals surface area contributed by atoms with Crippen molar-refractivity contribution in [2.45, 2.75) is 70.1 Å². The van der Waals surface area contributed by atoms with Crippen molar-refractivity contribution in [1.29, 1.82) is 0 Å². The molecule has 0 spiro atoms. The van der Waals surface area contributed by atoms with Crippen LogP contribution in [0.25, 0.3) is 0 Å². The summed E-state index contributed by atoms with van der Waals surface area (Å²) in [5.74, 6) is -1.06. The van der Waals surface area contributed by atoms with E-state index in [1.807, 2.05) is 0 Å². The maximum absolute atomic E-state index is 11.9. The first-order valence-corrected chi connectivity index (χ1v) is 6.89. The second kappa shape index (κ2) is 6.75. The molecular weight excluding hydrogens is 248 g/mol. The van der Waals surface area contributed by atoms with E-state index in [2.05, 4.69) is 10.6 Å². The van der Waals surface area contributed by atoms with Crippen LogP contribution in [-0.4, -0.2) is 39.9 Å². The molecule has 3 atom stereocenters. The van der Waals surface area contributed by atoms with Gasteiger partial charge in [0.05, 0.1) is 12.1 Å². The van der Waals surface area contributed by atoms with E-state index in [0.29, 0.717) is 12.8 Å². The third kappa shape index (κ3) is 4.38. The van der Waals surface area contributed by atoms with Gasteiger partial charge in [-0.25, -0.2) is 9.59 Å². The van der Waals surface area contributed by atoms with Crippen molar-refractivity contribution in [3.05, 3.63) is 0 Å². The summed E-state index contributed by atoms with van der Waals surface area (Å²) in [6, 6.07) is -0.824. The quantitative estimate of drug-likeness (QED) is 0.578. The van der Waals surface area contributed by atoms with Crippen molar-refractivity contribution in [2.24, 2.45) is 0 Å². The summed E-state index contributed by atoms with van der Waals surface area (Å²) < 4.78 is 0. The van der Waals surface area contributed by atoms with Crippen LogP contribution in [0.15, 0.2) is 0 Å². The summed E-state index contributed by atoms with van der Waals surface area (Å²) in [6.45, 7) is 3.17. The Kier molecular flexibility index (Phi) is 5.60. The van der Waals surface area contributed by atoms with Gasteiger partial charge in [0.2, 0.25) is 0 Å². The lowest BCUT2D eigenvalue weighted by Gasteiger charge is -2.28. The van der Waals surface area contributed by atoms with Crippen LogP contribution in [0.1, 0.15) is 52.4 Å². The van der Waals surface area contributed by atoms with Crippen LogP contribution in [0, 0.1) is 0 Å². The van der Waals surface area contributed by atoms with Gasteiger partial charge in [0.25, 0.3) is 0 Å². The van der Waals surface area contributed by atoms with Gasteiger partial charge in [-0.05, 0) is 26.2 Å². The summed E-state index contributed by atoms with van der Waals surface area (Å²) in [4.78, 5) is 23.0. The number of carbonyl (C=O) groups is 2. The number of amides is 2. The van der Waals surface area contributed by atoms with Gasteiger partial charge < -0.3 is 20.8 Å². The molecule has 0 aliphatic heterocycles. The Hall–Kier alpha value is -1.30. The molecule has 110 valence electrons. The van der Waals surface area contributed by atoms with E-state index >= 15 is 0 Å². The number of aliphatic hydroxyl groups excluding tert-OH is 1. The third-order valence-electron chi connectivity index (χ3n) is 3.86. The number of hydrogen-bond donors (Lipinski definition) is 4. The zero-order chi connectivity index (χ0) is 14.5. The normalized spacial score (nSPS) is 26.9. The van der Waals surface area contributed by atoms with Gasteiger partial charge >= 0.3 is 12.0 Å². The van der Waals surface area contributed by atoms with Crippen molar-refractivity contribution in [2.75, 3.05) is 0 Å². The molecule has 19 heavy (non-hydrogen) atoms. The number of carbonyl (C=O) groups excluding carboxylic acids is 1. The highest BCUT2D eigenvalue weighted by molar-refractivity contribution is 5.85. The fourth-order valence-corrected chi connectivity index (χ4v) is 2.20. The molecule has 0 radical (unpaired) electrons. The number of hydrogen-bond acceptors (Lipinski definition) is 3. The number of carboxylic acids is 1. The third-order valence-corrected chi connectivity index (χ3v) is 3.86. The van der Waals surface area contributed by atoms with E-state index in [-0.39, 0.29) is 6.04 Å². The molecule has 0 heterocycles. The molecule has 0 aromatic rings. The molecule has 0 aromatic heterocycles. The summed E-state index contributed by atoms with van der Waals surface area (Å²) in [7, 11) is 0. The van der Waals surface area contributed by atoms with Crippen LogP contribution in [0.2, 0.25) is 0 Å². The van der Waals surface area contributed by atoms with Crippen LogP contribution in [0.3, 0.4) is 0 Å². The lowest BCUT2D eigenvalue weighted by atomic mass is 9.99. The molecule has 1 aliphatic rings. The SMILES string of the molecule is CCC(C)(NC(=O)NC1CCCCCC1O)C(=O)O. The van der Waals surface area contributed by atoms with Crippen LogP contribution in [-0.2, 0) is 4.79 Å². The Labute approximate surface area is 113 Å². The van der Waals surface area contributed by atoms with Gasteiger partial charge in [-0.2, -0.15) is 0 Å². The van der Waals surface area contributed by atoms with Crippen molar-refractivity contribution in [3.8, 4) is 0 Å². The minimum Gasteiger partial charge on any atom is -0.480 e. The van der Waals surface area contributed by atoms with Crippen LogP contribution in [0.4, 0.5) is 4.79 Å². The largest absolute Gasteiger partial charge is 0.480 e. The number of carboxylic acid groups (broad SMARTS) is 1. The van der Waals surface area contributed by atoms with Crippen LogP contribution >= 0.6 is 0 Å². The standard InChI is InChI=1S/C13H24N2O4/c1-3-13(2,11(17)18)15-12(19)14-9-7-5-4-6-8-10(9)16/h9-10,16H,3-8H2,1-2H3,(H,17,18)(H2,14,15,19). The van der Waals surface area contributed by atoms with Crippen molar-refractivity contribution in [1.82, 2.24) is 10.6 Å². The average molecular weight is 272 g/mol. The Morgan fingerprint density at radius 2 is 1.89 bits per heavy atom. The van der Waals surface area contributed by atoms with Crippen molar-refractivity contribution < 1.29 is 19.8 Å². The molecule has 0 saturated heterocycles. The summed E-state index contributed by atoms with van der Waals surface area (Å²) in [6.07, 6.45) is 4.13. The molecule has 0 bridgehead atoms. The monoisotopic (exact) mass is 272 g/mol. The fourth-order valence-electron chi connectivity index (χ4n) is 2.20. The van der Waals surface area contributed by atoms with Gasteiger partial charge in [-0.15, -0.1) is 0 Å². The number of rotatable bonds is 4. The highest BCUT2D eigenvalue weighted by Crippen LogP contribution is 2.18. The predicted molar refractivity (Wildman–Crippen MR) is 70.9 cm³/mol. The average Bonchev–Trinajstić information content (AvgIpc) is 2.54. The van der Waals surface area contributed by atoms with E-state index in [0.717, 1.165) is 25.7 Å². The van der Waals surface area contributed by atoms with Gasteiger partial charge in [-0.3, -0.25) is 0 Å². The first-order valence-electron chi connectivity index (χ1n) is 6.89. The second-order valence-corrected chi connectivity index (χ2v) is 5.40. The van der Waals surface area contributed by atoms with E-state index in [1.54, 1.807) is 6.92 Å². The molecule has 0 aromatic carbocycles. The first kappa shape index (κ1) is 15.8.